The number of nitrogens with zero attached hydrogens (tertiary/aromatic N) is 3. The number of H-pyrrole nitrogens is 1. The third-order valence-electron chi connectivity index (χ3n) is 6.28. The molecule has 0 aliphatic rings. The largest absolute Gasteiger partial charge is 0.348 e. The molecule has 3 aromatic heterocycles. The Hall–Kier alpha value is -4.19. The van der Waals surface area contributed by atoms with Gasteiger partial charge in [-0.25, -0.2) is 4.98 Å². The van der Waals surface area contributed by atoms with E-state index in [1.165, 1.54) is 5.56 Å². The Bertz CT molecular complexity index is 1490. The van der Waals surface area contributed by atoms with Crippen molar-refractivity contribution in [3.63, 3.8) is 0 Å². The van der Waals surface area contributed by atoms with Crippen LogP contribution in [0.2, 0.25) is 0 Å². The third-order valence-corrected chi connectivity index (χ3v) is 6.28. The Labute approximate surface area is 205 Å². The van der Waals surface area contributed by atoms with Crippen LogP contribution in [-0.4, -0.2) is 25.7 Å². The number of aromatic amines is 1. The van der Waals surface area contributed by atoms with Crippen molar-refractivity contribution in [2.24, 2.45) is 7.05 Å². The highest BCUT2D eigenvalue weighted by Gasteiger charge is 2.14. The quantitative estimate of drug-likeness (QED) is 0.343. The van der Waals surface area contributed by atoms with Crippen LogP contribution in [0, 0.1) is 0 Å². The smallest absolute Gasteiger partial charge is 0.251 e. The second-order valence-corrected chi connectivity index (χ2v) is 9.91. The molecule has 0 unspecified atom stereocenters. The van der Waals surface area contributed by atoms with Gasteiger partial charge in [-0.1, -0.05) is 57.2 Å². The Balaban J connectivity index is 1.30. The van der Waals surface area contributed by atoms with Gasteiger partial charge in [-0.05, 0) is 51.9 Å². The molecule has 0 aliphatic carbocycles. The summed E-state index contributed by atoms with van der Waals surface area (Å²) >= 11 is 0. The first-order valence-electron chi connectivity index (χ1n) is 11.7. The summed E-state index contributed by atoms with van der Waals surface area (Å²) in [6.07, 6.45) is 5.64. The molecule has 2 aromatic carbocycles. The molecule has 5 aromatic rings. The van der Waals surface area contributed by atoms with Gasteiger partial charge in [-0.3, -0.25) is 9.48 Å². The zero-order valence-electron chi connectivity index (χ0n) is 20.5. The van der Waals surface area contributed by atoms with Gasteiger partial charge in [0.15, 0.2) is 0 Å². The maximum absolute atomic E-state index is 12.6. The van der Waals surface area contributed by atoms with Gasteiger partial charge in [-0.15, -0.1) is 0 Å². The minimum absolute atomic E-state index is 0.0673. The number of hydrogen-bond acceptors (Lipinski definition) is 3. The summed E-state index contributed by atoms with van der Waals surface area (Å²) in [6, 6.07) is 20.3. The number of rotatable bonds is 5. The first-order chi connectivity index (χ1) is 16.8. The van der Waals surface area contributed by atoms with Gasteiger partial charge in [0, 0.05) is 42.5 Å². The fraction of sp³-hybridized carbons (Fsp3) is 0.207. The molecule has 6 heteroatoms. The van der Waals surface area contributed by atoms with Crippen LogP contribution in [0.5, 0.6) is 0 Å². The summed E-state index contributed by atoms with van der Waals surface area (Å²) in [4.78, 5) is 20.5. The van der Waals surface area contributed by atoms with E-state index in [4.69, 9.17) is 0 Å². The minimum Gasteiger partial charge on any atom is -0.348 e. The summed E-state index contributed by atoms with van der Waals surface area (Å²) in [5.74, 6) is -0.0689. The number of hydrogen-bond donors (Lipinski definition) is 2. The Morgan fingerprint density at radius 1 is 1.00 bits per heavy atom. The van der Waals surface area contributed by atoms with Crippen molar-refractivity contribution in [2.75, 3.05) is 0 Å². The third kappa shape index (κ3) is 4.73. The number of benzene rings is 2. The zero-order valence-corrected chi connectivity index (χ0v) is 20.5. The van der Waals surface area contributed by atoms with E-state index >= 15 is 0 Å². The predicted octanol–water partition coefficient (Wildman–Crippen LogP) is 5.86. The molecule has 3 heterocycles. The van der Waals surface area contributed by atoms with E-state index in [2.05, 4.69) is 71.5 Å². The number of aryl methyl sites for hydroxylation is 1. The summed E-state index contributed by atoms with van der Waals surface area (Å²) in [5.41, 5.74) is 8.06. The van der Waals surface area contributed by atoms with Crippen LogP contribution in [-0.2, 0) is 19.0 Å². The number of nitrogens with one attached hydrogen (secondary N) is 2. The Morgan fingerprint density at radius 2 is 1.74 bits per heavy atom. The lowest BCUT2D eigenvalue weighted by molar-refractivity contribution is 0.0951. The normalized spacial score (nSPS) is 11.7. The van der Waals surface area contributed by atoms with Crippen LogP contribution in [0.15, 0.2) is 79.3 Å². The Morgan fingerprint density at radius 3 is 2.40 bits per heavy atom. The second-order valence-electron chi connectivity index (χ2n) is 9.91. The summed E-state index contributed by atoms with van der Waals surface area (Å²) in [6.45, 7) is 6.97. The molecule has 0 spiro atoms. The number of carbonyl (C=O) groups is 1. The maximum atomic E-state index is 12.6. The summed E-state index contributed by atoms with van der Waals surface area (Å²) in [7, 11) is 1.91. The first-order valence-corrected chi connectivity index (χ1v) is 11.7. The van der Waals surface area contributed by atoms with Crippen molar-refractivity contribution in [2.45, 2.75) is 32.7 Å². The van der Waals surface area contributed by atoms with Crippen molar-refractivity contribution < 1.29 is 4.79 Å². The molecule has 0 radical (unpaired) electrons. The van der Waals surface area contributed by atoms with E-state index in [0.29, 0.717) is 12.1 Å². The molecular formula is C29H29N5O. The van der Waals surface area contributed by atoms with E-state index in [1.807, 2.05) is 56.0 Å². The van der Waals surface area contributed by atoms with Crippen molar-refractivity contribution in [1.29, 1.82) is 0 Å². The number of amides is 1. The molecule has 5 rings (SSSR count). The van der Waals surface area contributed by atoms with Gasteiger partial charge in [0.25, 0.3) is 5.91 Å². The number of carbonyl (C=O) groups excluding carboxylic acids is 1. The van der Waals surface area contributed by atoms with Gasteiger partial charge in [-0.2, -0.15) is 5.10 Å². The van der Waals surface area contributed by atoms with Gasteiger partial charge in [0.05, 0.1) is 11.9 Å². The van der Waals surface area contributed by atoms with Crippen molar-refractivity contribution >= 4 is 16.9 Å². The monoisotopic (exact) mass is 463 g/mol. The minimum atomic E-state index is -0.0689. The van der Waals surface area contributed by atoms with E-state index < -0.39 is 0 Å². The molecule has 1 amide bonds. The zero-order chi connectivity index (χ0) is 24.6. The average molecular weight is 464 g/mol. The molecule has 0 saturated carbocycles. The fourth-order valence-corrected chi connectivity index (χ4v) is 4.20. The topological polar surface area (TPSA) is 75.6 Å². The maximum Gasteiger partial charge on any atom is 0.251 e. The SMILES string of the molecule is Cn1cc(-c2cc3c(-c4ccc(CNC(=O)c5ccc(C(C)(C)C)cc5)cc4)ccnc3[nH]2)cn1. The average Bonchev–Trinajstić information content (AvgIpc) is 3.48. The molecule has 0 bridgehead atoms. The first kappa shape index (κ1) is 22.6. The van der Waals surface area contributed by atoms with Crippen molar-refractivity contribution in [1.82, 2.24) is 25.1 Å². The van der Waals surface area contributed by atoms with Crippen molar-refractivity contribution in [3.05, 3.63) is 95.9 Å². The summed E-state index contributed by atoms with van der Waals surface area (Å²) < 4.78 is 1.79. The van der Waals surface area contributed by atoms with Crippen LogP contribution in [0.25, 0.3) is 33.4 Å². The van der Waals surface area contributed by atoms with Crippen LogP contribution < -0.4 is 5.32 Å². The number of pyridine rings is 1. The van der Waals surface area contributed by atoms with Crippen LogP contribution in [0.1, 0.15) is 42.3 Å². The van der Waals surface area contributed by atoms with Gasteiger partial charge in [0.1, 0.15) is 5.65 Å². The van der Waals surface area contributed by atoms with E-state index in [1.54, 1.807) is 4.68 Å². The standard InChI is InChI=1S/C29H29N5O/c1-29(2,3)23-11-9-21(10-12-23)28(35)31-16-19-5-7-20(8-6-19)24-13-14-30-27-25(24)15-26(33-27)22-17-32-34(4)18-22/h5-15,17-18H,16H2,1-4H3,(H,30,33)(H,31,35). The van der Waals surface area contributed by atoms with Gasteiger partial charge >= 0.3 is 0 Å². The predicted molar refractivity (Wildman–Crippen MR) is 140 cm³/mol. The lowest BCUT2D eigenvalue weighted by Crippen LogP contribution is -2.23. The molecule has 0 aliphatic heterocycles. The second kappa shape index (κ2) is 8.87. The van der Waals surface area contributed by atoms with Crippen molar-refractivity contribution in [3.8, 4) is 22.4 Å². The number of aromatic nitrogens is 4. The Kier molecular flexibility index (Phi) is 5.73. The molecular weight excluding hydrogens is 434 g/mol. The highest BCUT2D eigenvalue weighted by molar-refractivity contribution is 5.96. The highest BCUT2D eigenvalue weighted by atomic mass is 16.1. The molecule has 2 N–H and O–H groups in total. The van der Waals surface area contributed by atoms with Crippen LogP contribution in [0.4, 0.5) is 0 Å². The van der Waals surface area contributed by atoms with E-state index in [-0.39, 0.29) is 11.3 Å². The fourth-order valence-electron chi connectivity index (χ4n) is 4.20. The van der Waals surface area contributed by atoms with Gasteiger partial charge in [0.2, 0.25) is 0 Å². The number of fused-ring (bicyclic) bond motifs is 1. The highest BCUT2D eigenvalue weighted by Crippen LogP contribution is 2.31. The summed E-state index contributed by atoms with van der Waals surface area (Å²) in [5, 5.41) is 8.35. The molecule has 35 heavy (non-hydrogen) atoms. The molecule has 176 valence electrons. The van der Waals surface area contributed by atoms with Gasteiger partial charge < -0.3 is 10.3 Å². The molecule has 0 saturated heterocycles. The van der Waals surface area contributed by atoms with E-state index in [0.717, 1.165) is 39.0 Å². The van der Waals surface area contributed by atoms with E-state index in [9.17, 15) is 4.79 Å². The van der Waals surface area contributed by atoms with Crippen LogP contribution in [0.3, 0.4) is 0 Å². The lowest BCUT2D eigenvalue weighted by atomic mass is 9.87. The lowest BCUT2D eigenvalue weighted by Gasteiger charge is -2.19. The molecule has 0 fully saturated rings. The molecule has 6 nitrogen and oxygen atoms in total. The molecule has 0 atom stereocenters. The van der Waals surface area contributed by atoms with Crippen LogP contribution >= 0.6 is 0 Å².